The summed E-state index contributed by atoms with van der Waals surface area (Å²) in [6.07, 6.45) is -0.564. The molecule has 2 amide bonds. The second-order valence-corrected chi connectivity index (χ2v) is 6.67. The van der Waals surface area contributed by atoms with Gasteiger partial charge in [0.2, 0.25) is 0 Å². The first kappa shape index (κ1) is 18.0. The molecule has 3 rings (SSSR count). The Morgan fingerprint density at radius 2 is 2.04 bits per heavy atom. The normalized spacial score (nSPS) is 15.9. The van der Waals surface area contributed by atoms with E-state index in [-0.39, 0.29) is 11.8 Å². The molecule has 0 fully saturated rings. The minimum absolute atomic E-state index is 0.143. The predicted molar refractivity (Wildman–Crippen MR) is 103 cm³/mol. The Morgan fingerprint density at radius 1 is 1.31 bits per heavy atom. The molecule has 1 aliphatic rings. The maximum atomic E-state index is 12.5. The van der Waals surface area contributed by atoms with E-state index in [9.17, 15) is 9.59 Å². The lowest BCUT2D eigenvalue weighted by Crippen LogP contribution is -2.45. The van der Waals surface area contributed by atoms with E-state index in [1.54, 1.807) is 54.3 Å². The molecule has 1 unspecified atom stereocenters. The topological polar surface area (TPSA) is 58.6 Å². The highest BCUT2D eigenvalue weighted by atomic mass is 35.5. The molecule has 1 N–H and O–H groups in total. The predicted octanol–water partition coefficient (Wildman–Crippen LogP) is 4.28. The number of fused-ring (bicyclic) bond motifs is 1. The zero-order chi connectivity index (χ0) is 18.8. The SMILES string of the molecule is C=C(C)CN1C(=O)C(C)Oc2ccc(NC(=O)c3ccccc3Cl)cc21. The first-order valence-corrected chi connectivity index (χ1v) is 8.57. The second-order valence-electron chi connectivity index (χ2n) is 6.26. The Kier molecular flexibility index (Phi) is 5.00. The molecule has 1 heterocycles. The van der Waals surface area contributed by atoms with Crippen molar-refractivity contribution in [3.63, 3.8) is 0 Å². The van der Waals surface area contributed by atoms with Crippen LogP contribution in [0.2, 0.25) is 5.02 Å². The van der Waals surface area contributed by atoms with Crippen molar-refractivity contribution in [2.45, 2.75) is 20.0 Å². The third kappa shape index (κ3) is 3.58. The fraction of sp³-hybridized carbons (Fsp3) is 0.200. The first-order valence-electron chi connectivity index (χ1n) is 8.19. The third-order valence-electron chi connectivity index (χ3n) is 3.97. The quantitative estimate of drug-likeness (QED) is 0.817. The highest BCUT2D eigenvalue weighted by molar-refractivity contribution is 6.34. The van der Waals surface area contributed by atoms with Crippen LogP contribution in [0.25, 0.3) is 0 Å². The molecule has 0 bridgehead atoms. The van der Waals surface area contributed by atoms with Crippen molar-refractivity contribution in [2.75, 3.05) is 16.8 Å². The molecule has 0 aliphatic carbocycles. The fourth-order valence-corrected chi connectivity index (χ4v) is 2.98. The van der Waals surface area contributed by atoms with Crippen LogP contribution in [0.5, 0.6) is 5.75 Å². The van der Waals surface area contributed by atoms with Gasteiger partial charge in [-0.2, -0.15) is 0 Å². The molecule has 1 atom stereocenters. The van der Waals surface area contributed by atoms with E-state index in [0.29, 0.717) is 34.3 Å². The standard InChI is InChI=1S/C20H19ClN2O3/c1-12(2)11-23-17-10-14(8-9-18(17)26-13(3)20(23)25)22-19(24)15-6-4-5-7-16(15)21/h4-10,13H,1,11H2,2-3H3,(H,22,24). The van der Waals surface area contributed by atoms with Crippen molar-refractivity contribution in [3.8, 4) is 5.75 Å². The van der Waals surface area contributed by atoms with E-state index in [0.717, 1.165) is 5.57 Å². The fourth-order valence-electron chi connectivity index (χ4n) is 2.76. The van der Waals surface area contributed by atoms with Gasteiger partial charge < -0.3 is 15.0 Å². The summed E-state index contributed by atoms with van der Waals surface area (Å²) in [6.45, 7) is 7.84. The Balaban J connectivity index is 1.91. The summed E-state index contributed by atoms with van der Waals surface area (Å²) in [5, 5.41) is 3.18. The van der Waals surface area contributed by atoms with Gasteiger partial charge in [-0.1, -0.05) is 35.9 Å². The summed E-state index contributed by atoms with van der Waals surface area (Å²) >= 11 is 6.07. The number of nitrogens with zero attached hydrogens (tertiary/aromatic N) is 1. The molecule has 6 heteroatoms. The summed E-state index contributed by atoms with van der Waals surface area (Å²) in [6, 6.07) is 12.0. The summed E-state index contributed by atoms with van der Waals surface area (Å²) in [5.74, 6) is 0.127. The number of ether oxygens (including phenoxy) is 1. The van der Waals surface area contributed by atoms with Gasteiger partial charge >= 0.3 is 0 Å². The molecule has 0 spiro atoms. The highest BCUT2D eigenvalue weighted by Crippen LogP contribution is 2.36. The van der Waals surface area contributed by atoms with E-state index in [4.69, 9.17) is 16.3 Å². The number of carbonyl (C=O) groups is 2. The number of rotatable bonds is 4. The number of benzene rings is 2. The largest absolute Gasteiger partial charge is 0.479 e. The van der Waals surface area contributed by atoms with Crippen LogP contribution in [-0.2, 0) is 4.79 Å². The zero-order valence-electron chi connectivity index (χ0n) is 14.6. The van der Waals surface area contributed by atoms with E-state index >= 15 is 0 Å². The first-order chi connectivity index (χ1) is 12.4. The van der Waals surface area contributed by atoms with Crippen LogP contribution in [0.15, 0.2) is 54.6 Å². The number of hydrogen-bond donors (Lipinski definition) is 1. The van der Waals surface area contributed by atoms with E-state index in [1.807, 2.05) is 6.92 Å². The molecular formula is C20H19ClN2O3. The number of nitrogens with one attached hydrogen (secondary N) is 1. The molecule has 26 heavy (non-hydrogen) atoms. The Morgan fingerprint density at radius 3 is 2.73 bits per heavy atom. The highest BCUT2D eigenvalue weighted by Gasteiger charge is 2.31. The van der Waals surface area contributed by atoms with Gasteiger partial charge in [0.25, 0.3) is 11.8 Å². The lowest BCUT2D eigenvalue weighted by Gasteiger charge is -2.33. The molecule has 2 aromatic carbocycles. The van der Waals surface area contributed by atoms with Gasteiger partial charge in [-0.15, -0.1) is 0 Å². The van der Waals surface area contributed by atoms with Gasteiger partial charge in [-0.25, -0.2) is 0 Å². The van der Waals surface area contributed by atoms with Gasteiger partial charge in [-0.3, -0.25) is 9.59 Å². The molecule has 2 aromatic rings. The molecular weight excluding hydrogens is 352 g/mol. The Labute approximate surface area is 157 Å². The van der Waals surface area contributed by atoms with E-state index < -0.39 is 6.10 Å². The summed E-state index contributed by atoms with van der Waals surface area (Å²) in [7, 11) is 0. The van der Waals surface area contributed by atoms with Crippen LogP contribution >= 0.6 is 11.6 Å². The van der Waals surface area contributed by atoms with Crippen LogP contribution in [0.1, 0.15) is 24.2 Å². The van der Waals surface area contributed by atoms with Gasteiger partial charge in [-0.05, 0) is 44.2 Å². The van der Waals surface area contributed by atoms with Crippen LogP contribution in [0.3, 0.4) is 0 Å². The van der Waals surface area contributed by atoms with Crippen molar-refractivity contribution < 1.29 is 14.3 Å². The number of carbonyl (C=O) groups excluding carboxylic acids is 2. The van der Waals surface area contributed by atoms with Gasteiger partial charge in [0, 0.05) is 12.2 Å². The molecule has 0 radical (unpaired) electrons. The van der Waals surface area contributed by atoms with Crippen molar-refractivity contribution >= 4 is 34.8 Å². The Bertz CT molecular complexity index is 894. The summed E-state index contributed by atoms with van der Waals surface area (Å²) in [4.78, 5) is 26.6. The minimum Gasteiger partial charge on any atom is -0.479 e. The van der Waals surface area contributed by atoms with Crippen molar-refractivity contribution in [2.24, 2.45) is 0 Å². The smallest absolute Gasteiger partial charge is 0.268 e. The van der Waals surface area contributed by atoms with Crippen molar-refractivity contribution in [1.82, 2.24) is 0 Å². The van der Waals surface area contributed by atoms with Crippen molar-refractivity contribution in [1.29, 1.82) is 0 Å². The summed E-state index contributed by atoms with van der Waals surface area (Å²) < 4.78 is 5.66. The number of anilines is 2. The van der Waals surface area contributed by atoms with Crippen LogP contribution < -0.4 is 15.0 Å². The zero-order valence-corrected chi connectivity index (χ0v) is 15.3. The lowest BCUT2D eigenvalue weighted by molar-refractivity contribution is -0.125. The monoisotopic (exact) mass is 370 g/mol. The number of amides is 2. The minimum atomic E-state index is -0.564. The second kappa shape index (κ2) is 7.22. The van der Waals surface area contributed by atoms with E-state index in [1.165, 1.54) is 0 Å². The van der Waals surface area contributed by atoms with E-state index in [2.05, 4.69) is 11.9 Å². The number of hydrogen-bond acceptors (Lipinski definition) is 3. The van der Waals surface area contributed by atoms with Crippen LogP contribution in [0.4, 0.5) is 11.4 Å². The van der Waals surface area contributed by atoms with Crippen molar-refractivity contribution in [3.05, 3.63) is 65.2 Å². The van der Waals surface area contributed by atoms with Gasteiger partial charge in [0.05, 0.1) is 16.3 Å². The molecule has 0 aromatic heterocycles. The van der Waals surface area contributed by atoms with Gasteiger partial charge in [0.15, 0.2) is 6.10 Å². The molecule has 5 nitrogen and oxygen atoms in total. The molecule has 1 aliphatic heterocycles. The van der Waals surface area contributed by atoms with Crippen LogP contribution in [-0.4, -0.2) is 24.5 Å². The third-order valence-corrected chi connectivity index (χ3v) is 4.30. The Hall–Kier alpha value is -2.79. The molecule has 0 saturated carbocycles. The average Bonchev–Trinajstić information content (AvgIpc) is 2.59. The van der Waals surface area contributed by atoms with Gasteiger partial charge in [0.1, 0.15) is 5.75 Å². The number of halogens is 1. The summed E-state index contributed by atoms with van der Waals surface area (Å²) in [5.41, 5.74) is 2.38. The lowest BCUT2D eigenvalue weighted by atomic mass is 10.1. The average molecular weight is 371 g/mol. The van der Waals surface area contributed by atoms with Crippen LogP contribution in [0, 0.1) is 0 Å². The molecule has 134 valence electrons. The molecule has 0 saturated heterocycles. The maximum absolute atomic E-state index is 12.5. The maximum Gasteiger partial charge on any atom is 0.268 e.